The molecule has 144 valence electrons. The van der Waals surface area contributed by atoms with Gasteiger partial charge in [0.25, 0.3) is 0 Å². The third-order valence-electron chi connectivity index (χ3n) is 5.01. The molecule has 0 radical (unpaired) electrons. The number of piperazine rings is 1. The molecule has 1 amide bonds. The average molecular weight is 367 g/mol. The van der Waals surface area contributed by atoms with Gasteiger partial charge in [0.1, 0.15) is 5.75 Å². The maximum absolute atomic E-state index is 12.3. The molecule has 1 fully saturated rings. The van der Waals surface area contributed by atoms with E-state index in [4.69, 9.17) is 0 Å². The van der Waals surface area contributed by atoms with Gasteiger partial charge in [-0.3, -0.25) is 9.69 Å². The zero-order valence-electron chi connectivity index (χ0n) is 16.0. The van der Waals surface area contributed by atoms with Gasteiger partial charge >= 0.3 is 0 Å². The number of benzene rings is 2. The minimum Gasteiger partial charge on any atom is -0.508 e. The Morgan fingerprint density at radius 2 is 1.67 bits per heavy atom. The molecule has 27 heavy (non-hydrogen) atoms. The highest BCUT2D eigenvalue weighted by Crippen LogP contribution is 2.20. The quantitative estimate of drug-likeness (QED) is 0.786. The van der Waals surface area contributed by atoms with Crippen molar-refractivity contribution in [2.45, 2.75) is 26.2 Å². The smallest absolute Gasteiger partial charge is 0.238 e. The van der Waals surface area contributed by atoms with Crippen LogP contribution in [0.15, 0.2) is 48.5 Å². The number of hydrogen-bond acceptors (Lipinski definition) is 4. The molecular formula is C22H29N3O2. The van der Waals surface area contributed by atoms with Gasteiger partial charge in [0.15, 0.2) is 0 Å². The van der Waals surface area contributed by atoms with Crippen LogP contribution in [0.4, 0.5) is 11.4 Å². The Morgan fingerprint density at radius 3 is 2.30 bits per heavy atom. The number of hydrogen-bond donors (Lipinski definition) is 2. The second-order valence-electron chi connectivity index (χ2n) is 7.13. The first-order chi connectivity index (χ1) is 13.1. The van der Waals surface area contributed by atoms with Crippen molar-refractivity contribution in [3.05, 3.63) is 54.1 Å². The molecule has 0 spiro atoms. The van der Waals surface area contributed by atoms with Crippen molar-refractivity contribution >= 4 is 17.3 Å². The molecule has 2 aromatic rings. The molecule has 0 saturated carbocycles. The van der Waals surface area contributed by atoms with Gasteiger partial charge in [-0.25, -0.2) is 0 Å². The van der Waals surface area contributed by atoms with E-state index in [1.54, 1.807) is 12.1 Å². The molecule has 1 saturated heterocycles. The van der Waals surface area contributed by atoms with E-state index in [9.17, 15) is 9.90 Å². The SMILES string of the molecule is CCCCc1ccc(NC(=O)CN2CCN(c3ccc(O)cc3)CC2)cc1. The standard InChI is InChI=1S/C22H29N3O2/c1-2-3-4-18-5-7-19(8-6-18)23-22(27)17-24-13-15-25(16-14-24)20-9-11-21(26)12-10-20/h5-12,26H,2-4,13-17H2,1H3,(H,23,27). The number of unbranched alkanes of at least 4 members (excludes halogenated alkanes) is 1. The van der Waals surface area contributed by atoms with Gasteiger partial charge in [-0.05, 0) is 54.8 Å². The molecule has 1 heterocycles. The van der Waals surface area contributed by atoms with Crippen molar-refractivity contribution < 1.29 is 9.90 Å². The highest BCUT2D eigenvalue weighted by molar-refractivity contribution is 5.92. The Hall–Kier alpha value is -2.53. The Labute approximate surface area is 161 Å². The van der Waals surface area contributed by atoms with E-state index in [-0.39, 0.29) is 11.7 Å². The van der Waals surface area contributed by atoms with Gasteiger partial charge in [0, 0.05) is 37.6 Å². The number of carbonyl (C=O) groups is 1. The number of aryl methyl sites for hydroxylation is 1. The zero-order valence-corrected chi connectivity index (χ0v) is 16.0. The fourth-order valence-electron chi connectivity index (χ4n) is 3.37. The summed E-state index contributed by atoms with van der Waals surface area (Å²) in [7, 11) is 0. The van der Waals surface area contributed by atoms with Crippen LogP contribution in [0.25, 0.3) is 0 Å². The second kappa shape index (κ2) is 9.42. The fraction of sp³-hybridized carbons (Fsp3) is 0.409. The van der Waals surface area contributed by atoms with Crippen molar-refractivity contribution in [1.82, 2.24) is 4.90 Å². The van der Waals surface area contributed by atoms with Crippen LogP contribution in [0, 0.1) is 0 Å². The van der Waals surface area contributed by atoms with E-state index in [0.29, 0.717) is 6.54 Å². The second-order valence-corrected chi connectivity index (χ2v) is 7.13. The molecule has 1 aliphatic heterocycles. The number of nitrogens with zero attached hydrogens (tertiary/aromatic N) is 2. The summed E-state index contributed by atoms with van der Waals surface area (Å²) < 4.78 is 0. The van der Waals surface area contributed by atoms with E-state index in [1.165, 1.54) is 18.4 Å². The van der Waals surface area contributed by atoms with Crippen molar-refractivity contribution in [3.8, 4) is 5.75 Å². The first kappa shape index (κ1) is 19.2. The molecule has 2 N–H and O–H groups in total. The Morgan fingerprint density at radius 1 is 1.00 bits per heavy atom. The largest absolute Gasteiger partial charge is 0.508 e. The van der Waals surface area contributed by atoms with E-state index in [1.807, 2.05) is 24.3 Å². The lowest BCUT2D eigenvalue weighted by molar-refractivity contribution is -0.117. The molecule has 0 unspecified atom stereocenters. The molecule has 0 aromatic heterocycles. The summed E-state index contributed by atoms with van der Waals surface area (Å²) in [5.41, 5.74) is 3.29. The first-order valence-corrected chi connectivity index (χ1v) is 9.79. The van der Waals surface area contributed by atoms with E-state index >= 15 is 0 Å². The predicted octanol–water partition coefficient (Wildman–Crippen LogP) is 3.50. The van der Waals surface area contributed by atoms with Crippen LogP contribution in [0.5, 0.6) is 5.75 Å². The van der Waals surface area contributed by atoms with Crippen LogP contribution in [-0.4, -0.2) is 48.6 Å². The van der Waals surface area contributed by atoms with Gasteiger partial charge in [-0.15, -0.1) is 0 Å². The van der Waals surface area contributed by atoms with E-state index < -0.39 is 0 Å². The summed E-state index contributed by atoms with van der Waals surface area (Å²) in [4.78, 5) is 16.8. The van der Waals surface area contributed by atoms with Crippen LogP contribution in [0.2, 0.25) is 0 Å². The Balaban J connectivity index is 1.43. The molecule has 1 aliphatic rings. The molecule has 0 aliphatic carbocycles. The lowest BCUT2D eigenvalue weighted by atomic mass is 10.1. The number of carbonyl (C=O) groups excluding carboxylic acids is 1. The van der Waals surface area contributed by atoms with Crippen molar-refractivity contribution in [2.75, 3.05) is 42.9 Å². The summed E-state index contributed by atoms with van der Waals surface area (Å²) in [6, 6.07) is 15.5. The highest BCUT2D eigenvalue weighted by Gasteiger charge is 2.19. The number of rotatable bonds is 7. The maximum atomic E-state index is 12.3. The minimum absolute atomic E-state index is 0.0365. The number of anilines is 2. The Kier molecular flexibility index (Phi) is 6.71. The number of aromatic hydroxyl groups is 1. The molecular weight excluding hydrogens is 338 g/mol. The monoisotopic (exact) mass is 367 g/mol. The van der Waals surface area contributed by atoms with Crippen LogP contribution >= 0.6 is 0 Å². The molecule has 5 nitrogen and oxygen atoms in total. The lowest BCUT2D eigenvalue weighted by Crippen LogP contribution is -2.48. The predicted molar refractivity (Wildman–Crippen MR) is 110 cm³/mol. The molecule has 0 bridgehead atoms. The average Bonchev–Trinajstić information content (AvgIpc) is 2.69. The van der Waals surface area contributed by atoms with E-state index in [0.717, 1.165) is 44.0 Å². The topological polar surface area (TPSA) is 55.8 Å². The summed E-state index contributed by atoms with van der Waals surface area (Å²) >= 11 is 0. The van der Waals surface area contributed by atoms with Gasteiger partial charge in [0.05, 0.1) is 6.54 Å². The van der Waals surface area contributed by atoms with Gasteiger partial charge in [-0.2, -0.15) is 0 Å². The van der Waals surface area contributed by atoms with Crippen LogP contribution in [-0.2, 0) is 11.2 Å². The molecule has 5 heteroatoms. The summed E-state index contributed by atoms with van der Waals surface area (Å²) in [6.45, 7) is 6.07. The summed E-state index contributed by atoms with van der Waals surface area (Å²) in [5, 5.41) is 12.4. The lowest BCUT2D eigenvalue weighted by Gasteiger charge is -2.35. The van der Waals surface area contributed by atoms with Gasteiger partial charge < -0.3 is 15.3 Å². The third-order valence-corrected chi connectivity index (χ3v) is 5.01. The maximum Gasteiger partial charge on any atom is 0.238 e. The van der Waals surface area contributed by atoms with Crippen molar-refractivity contribution in [1.29, 1.82) is 0 Å². The van der Waals surface area contributed by atoms with Gasteiger partial charge in [0.2, 0.25) is 5.91 Å². The Bertz CT molecular complexity index is 720. The third kappa shape index (κ3) is 5.73. The first-order valence-electron chi connectivity index (χ1n) is 9.79. The van der Waals surface area contributed by atoms with Crippen molar-refractivity contribution in [2.24, 2.45) is 0 Å². The number of amides is 1. The molecule has 0 atom stereocenters. The minimum atomic E-state index is 0.0365. The summed E-state index contributed by atoms with van der Waals surface area (Å²) in [5.74, 6) is 0.321. The highest BCUT2D eigenvalue weighted by atomic mass is 16.3. The van der Waals surface area contributed by atoms with Crippen LogP contribution in [0.1, 0.15) is 25.3 Å². The normalized spacial score (nSPS) is 14.9. The van der Waals surface area contributed by atoms with Crippen LogP contribution < -0.4 is 10.2 Å². The van der Waals surface area contributed by atoms with Crippen LogP contribution in [0.3, 0.4) is 0 Å². The van der Waals surface area contributed by atoms with Crippen molar-refractivity contribution in [3.63, 3.8) is 0 Å². The molecule has 3 rings (SSSR count). The number of nitrogens with one attached hydrogen (secondary N) is 1. The summed E-state index contributed by atoms with van der Waals surface area (Å²) in [6.07, 6.45) is 3.48. The molecule has 2 aromatic carbocycles. The van der Waals surface area contributed by atoms with E-state index in [2.05, 4.69) is 34.2 Å². The number of phenols is 1. The van der Waals surface area contributed by atoms with Gasteiger partial charge in [-0.1, -0.05) is 25.5 Å². The zero-order chi connectivity index (χ0) is 19.1. The number of phenolic OH excluding ortho intramolecular Hbond substituents is 1. The fourth-order valence-corrected chi connectivity index (χ4v) is 3.37.